The predicted octanol–water partition coefficient (Wildman–Crippen LogP) is 3.81. The minimum atomic E-state index is -0.486. The zero-order valence-electron chi connectivity index (χ0n) is 15.7. The molecule has 0 aliphatic carbocycles. The van der Waals surface area contributed by atoms with Crippen molar-refractivity contribution < 1.29 is 14.5 Å². The van der Waals surface area contributed by atoms with Gasteiger partial charge in [0.25, 0.3) is 11.6 Å². The van der Waals surface area contributed by atoms with E-state index in [1.165, 1.54) is 24.3 Å². The van der Waals surface area contributed by atoms with Gasteiger partial charge in [0.05, 0.1) is 10.6 Å². The van der Waals surface area contributed by atoms with Gasteiger partial charge in [0.15, 0.2) is 5.11 Å². The molecular formula is C21H18N4O4S. The normalized spacial score (nSPS) is 10.0. The Bertz CT molecular complexity index is 1040. The molecule has 0 unspecified atom stereocenters. The van der Waals surface area contributed by atoms with Crippen LogP contribution in [0.25, 0.3) is 0 Å². The minimum absolute atomic E-state index is 0.0224. The van der Waals surface area contributed by atoms with Crippen LogP contribution in [0.1, 0.15) is 15.9 Å². The smallest absolute Gasteiger partial charge is 0.269 e. The van der Waals surface area contributed by atoms with Crippen LogP contribution in [-0.2, 0) is 6.61 Å². The zero-order chi connectivity index (χ0) is 21.3. The second-order valence-electron chi connectivity index (χ2n) is 6.14. The number of nitrogens with zero attached hydrogens (tertiary/aromatic N) is 1. The lowest BCUT2D eigenvalue weighted by molar-refractivity contribution is -0.384. The highest BCUT2D eigenvalue weighted by molar-refractivity contribution is 7.80. The second-order valence-corrected chi connectivity index (χ2v) is 6.55. The lowest BCUT2D eigenvalue weighted by Crippen LogP contribution is -2.41. The van der Waals surface area contributed by atoms with Crippen LogP contribution in [0.5, 0.6) is 5.75 Å². The van der Waals surface area contributed by atoms with Crippen LogP contribution in [0, 0.1) is 10.1 Å². The minimum Gasteiger partial charge on any atom is -0.489 e. The van der Waals surface area contributed by atoms with Crippen LogP contribution in [0.2, 0.25) is 0 Å². The van der Waals surface area contributed by atoms with Gasteiger partial charge in [-0.05, 0) is 48.1 Å². The first-order chi connectivity index (χ1) is 14.5. The van der Waals surface area contributed by atoms with Gasteiger partial charge < -0.3 is 4.74 Å². The first-order valence-corrected chi connectivity index (χ1v) is 9.31. The number of amides is 1. The van der Waals surface area contributed by atoms with Crippen molar-refractivity contribution in [2.24, 2.45) is 0 Å². The van der Waals surface area contributed by atoms with Crippen LogP contribution < -0.4 is 20.9 Å². The standard InChI is InChI=1S/C21H18N4O4S/c26-20(22-21(30)24-23-17-9-11-18(12-10-17)25(27)28)16-7-4-8-19(13-16)29-14-15-5-2-1-3-6-15/h1-13,23H,14H2,(H2,22,24,26,30). The Balaban J connectivity index is 1.51. The van der Waals surface area contributed by atoms with E-state index < -0.39 is 10.8 Å². The molecule has 1 amide bonds. The summed E-state index contributed by atoms with van der Waals surface area (Å²) < 4.78 is 5.73. The fraction of sp³-hybridized carbons (Fsp3) is 0.0476. The number of hydrazine groups is 1. The first-order valence-electron chi connectivity index (χ1n) is 8.90. The van der Waals surface area contributed by atoms with Gasteiger partial charge in [-0.25, -0.2) is 0 Å². The van der Waals surface area contributed by atoms with E-state index in [4.69, 9.17) is 17.0 Å². The maximum absolute atomic E-state index is 12.4. The van der Waals surface area contributed by atoms with Crippen LogP contribution in [0.4, 0.5) is 11.4 Å². The summed E-state index contributed by atoms with van der Waals surface area (Å²) in [7, 11) is 0. The third-order valence-electron chi connectivity index (χ3n) is 3.97. The van der Waals surface area contributed by atoms with Gasteiger partial charge in [-0.15, -0.1) is 0 Å². The molecule has 0 saturated carbocycles. The Morgan fingerprint density at radius 1 is 1.00 bits per heavy atom. The summed E-state index contributed by atoms with van der Waals surface area (Å²) in [6.45, 7) is 0.394. The molecule has 0 aromatic heterocycles. The molecule has 152 valence electrons. The van der Waals surface area contributed by atoms with Gasteiger partial charge in [-0.3, -0.25) is 31.1 Å². The number of rotatable bonds is 7. The average Bonchev–Trinajstić information content (AvgIpc) is 2.77. The highest BCUT2D eigenvalue weighted by Gasteiger charge is 2.09. The van der Waals surface area contributed by atoms with Crippen LogP contribution in [-0.4, -0.2) is 15.9 Å². The van der Waals surface area contributed by atoms with Crippen molar-refractivity contribution >= 4 is 34.6 Å². The maximum atomic E-state index is 12.4. The summed E-state index contributed by atoms with van der Waals surface area (Å²) in [5.41, 5.74) is 7.36. The molecule has 3 aromatic carbocycles. The lowest BCUT2D eigenvalue weighted by Gasteiger charge is -2.12. The molecule has 30 heavy (non-hydrogen) atoms. The Kier molecular flexibility index (Phi) is 6.91. The summed E-state index contributed by atoms with van der Waals surface area (Å²) in [6, 6.07) is 22.2. The van der Waals surface area contributed by atoms with Crippen LogP contribution in [0.3, 0.4) is 0 Å². The number of non-ortho nitro benzene ring substituents is 1. The Labute approximate surface area is 178 Å². The highest BCUT2D eigenvalue weighted by Crippen LogP contribution is 2.16. The number of benzene rings is 3. The zero-order valence-corrected chi connectivity index (χ0v) is 16.5. The van der Waals surface area contributed by atoms with Crippen LogP contribution >= 0.6 is 12.2 Å². The summed E-state index contributed by atoms with van der Waals surface area (Å²) >= 11 is 5.10. The quantitative estimate of drug-likeness (QED) is 0.302. The summed E-state index contributed by atoms with van der Waals surface area (Å²) in [5.74, 6) is 0.164. The van der Waals surface area contributed by atoms with Gasteiger partial charge in [-0.1, -0.05) is 36.4 Å². The van der Waals surface area contributed by atoms with Crippen molar-refractivity contribution in [3.05, 3.63) is 100 Å². The van der Waals surface area contributed by atoms with E-state index in [1.54, 1.807) is 24.3 Å². The van der Waals surface area contributed by atoms with E-state index in [-0.39, 0.29) is 10.8 Å². The number of anilines is 1. The van der Waals surface area contributed by atoms with Gasteiger partial charge in [-0.2, -0.15) is 0 Å². The number of carbonyl (C=O) groups is 1. The highest BCUT2D eigenvalue weighted by atomic mass is 32.1. The molecule has 3 N–H and O–H groups in total. The van der Waals surface area contributed by atoms with Gasteiger partial charge >= 0.3 is 0 Å². The first kappa shape index (κ1) is 20.7. The molecule has 0 fully saturated rings. The van der Waals surface area contributed by atoms with Crippen molar-refractivity contribution in [3.63, 3.8) is 0 Å². The van der Waals surface area contributed by atoms with E-state index >= 15 is 0 Å². The van der Waals surface area contributed by atoms with E-state index in [0.29, 0.717) is 23.6 Å². The topological polar surface area (TPSA) is 106 Å². The number of ether oxygens (including phenoxy) is 1. The SMILES string of the molecule is O=C(NC(=S)NNc1ccc([N+](=O)[O-])cc1)c1cccc(OCc2ccccc2)c1. The van der Waals surface area contributed by atoms with Gasteiger partial charge in [0.2, 0.25) is 0 Å². The molecule has 9 heteroatoms. The number of hydrogen-bond acceptors (Lipinski definition) is 6. The molecule has 0 saturated heterocycles. The molecule has 0 aliphatic rings. The van der Waals surface area contributed by atoms with Crippen molar-refractivity contribution in [2.45, 2.75) is 6.61 Å². The Morgan fingerprint density at radius 2 is 1.73 bits per heavy atom. The Morgan fingerprint density at radius 3 is 2.43 bits per heavy atom. The lowest BCUT2D eigenvalue weighted by atomic mass is 10.2. The summed E-state index contributed by atoms with van der Waals surface area (Å²) in [5, 5.41) is 13.3. The van der Waals surface area contributed by atoms with Crippen LogP contribution in [0.15, 0.2) is 78.9 Å². The van der Waals surface area contributed by atoms with E-state index in [1.807, 2.05) is 30.3 Å². The molecule has 0 atom stereocenters. The van der Waals surface area contributed by atoms with Crippen molar-refractivity contribution in [2.75, 3.05) is 5.43 Å². The number of thiocarbonyl (C=S) groups is 1. The van der Waals surface area contributed by atoms with Crippen molar-refractivity contribution in [1.29, 1.82) is 0 Å². The number of nitrogens with one attached hydrogen (secondary N) is 3. The van der Waals surface area contributed by atoms with Crippen molar-refractivity contribution in [3.8, 4) is 5.75 Å². The van der Waals surface area contributed by atoms with Gasteiger partial charge in [0.1, 0.15) is 12.4 Å². The molecule has 0 heterocycles. The predicted molar refractivity (Wildman–Crippen MR) is 117 cm³/mol. The third kappa shape index (κ3) is 6.01. The third-order valence-corrected chi connectivity index (χ3v) is 4.17. The summed E-state index contributed by atoms with van der Waals surface area (Å²) in [6.07, 6.45) is 0. The molecule has 3 aromatic rings. The summed E-state index contributed by atoms with van der Waals surface area (Å²) in [4.78, 5) is 22.6. The van der Waals surface area contributed by atoms with E-state index in [9.17, 15) is 14.9 Å². The number of hydrogen-bond donors (Lipinski definition) is 3. The number of carbonyl (C=O) groups excluding carboxylic acids is 1. The molecule has 0 aliphatic heterocycles. The van der Waals surface area contributed by atoms with Gasteiger partial charge in [0, 0.05) is 17.7 Å². The average molecular weight is 422 g/mol. The molecule has 0 radical (unpaired) electrons. The largest absolute Gasteiger partial charge is 0.489 e. The fourth-order valence-corrected chi connectivity index (χ4v) is 2.61. The maximum Gasteiger partial charge on any atom is 0.269 e. The molecule has 3 rings (SSSR count). The van der Waals surface area contributed by atoms with E-state index in [2.05, 4.69) is 16.2 Å². The molecular weight excluding hydrogens is 404 g/mol. The number of nitro benzene ring substituents is 1. The monoisotopic (exact) mass is 422 g/mol. The van der Waals surface area contributed by atoms with Crippen molar-refractivity contribution in [1.82, 2.24) is 10.7 Å². The Hall–Kier alpha value is -3.98. The second kappa shape index (κ2) is 9.99. The van der Waals surface area contributed by atoms with E-state index in [0.717, 1.165) is 5.56 Å². The fourth-order valence-electron chi connectivity index (χ4n) is 2.47. The number of nitro groups is 1. The molecule has 0 spiro atoms. The molecule has 8 nitrogen and oxygen atoms in total. The molecule has 0 bridgehead atoms.